The Morgan fingerprint density at radius 3 is 2.83 bits per heavy atom. The molecule has 8 nitrogen and oxygen atoms in total. The van der Waals surface area contributed by atoms with Crippen LogP contribution in [0.4, 0.5) is 0 Å². The predicted octanol–water partition coefficient (Wildman–Crippen LogP) is 0.925. The molecule has 1 saturated heterocycles. The number of hydrogen-bond donors (Lipinski definition) is 0. The van der Waals surface area contributed by atoms with Gasteiger partial charge < -0.3 is 13.8 Å². The minimum Gasteiger partial charge on any atom is -0.379 e. The zero-order valence-corrected chi connectivity index (χ0v) is 14.2. The average Bonchev–Trinajstić information content (AvgIpc) is 3.17. The van der Waals surface area contributed by atoms with E-state index >= 15 is 0 Å². The lowest BCUT2D eigenvalue weighted by Crippen LogP contribution is -2.32. The molecule has 9 heteroatoms. The second-order valence-corrected chi connectivity index (χ2v) is 8.14. The quantitative estimate of drug-likeness (QED) is 0.804. The summed E-state index contributed by atoms with van der Waals surface area (Å²) in [5, 5.41) is 3.88. The summed E-state index contributed by atoms with van der Waals surface area (Å²) in [6.07, 6.45) is 3.49. The number of imidazole rings is 1. The molecule has 2 aromatic rings. The molecule has 1 aliphatic heterocycles. The third kappa shape index (κ3) is 3.17. The summed E-state index contributed by atoms with van der Waals surface area (Å²) in [5.74, 6) is 1.10. The normalized spacial score (nSPS) is 22.1. The number of hydrogen-bond acceptors (Lipinski definition) is 6. The van der Waals surface area contributed by atoms with Crippen LogP contribution < -0.4 is 0 Å². The van der Waals surface area contributed by atoms with Gasteiger partial charge in [-0.3, -0.25) is 0 Å². The average molecular weight is 340 g/mol. The summed E-state index contributed by atoms with van der Waals surface area (Å²) in [4.78, 5) is 4.32. The zero-order valence-electron chi connectivity index (χ0n) is 13.3. The Morgan fingerprint density at radius 2 is 2.17 bits per heavy atom. The molecule has 2 atom stereocenters. The lowest BCUT2D eigenvalue weighted by Gasteiger charge is -2.22. The summed E-state index contributed by atoms with van der Waals surface area (Å²) in [6.45, 7) is 2.69. The monoisotopic (exact) mass is 340 g/mol. The van der Waals surface area contributed by atoms with E-state index in [2.05, 4.69) is 10.1 Å². The molecule has 0 radical (unpaired) electrons. The molecule has 0 unspecified atom stereocenters. The smallest absolute Gasteiger partial charge is 0.214 e. The molecule has 0 bridgehead atoms. The highest BCUT2D eigenvalue weighted by Gasteiger charge is 2.35. The number of ether oxygens (including phenoxy) is 1. The van der Waals surface area contributed by atoms with E-state index in [0.717, 1.165) is 5.69 Å². The molecular weight excluding hydrogens is 320 g/mol. The van der Waals surface area contributed by atoms with E-state index in [-0.39, 0.29) is 17.7 Å². The predicted molar refractivity (Wildman–Crippen MR) is 83.3 cm³/mol. The van der Waals surface area contributed by atoms with Crippen molar-refractivity contribution >= 4 is 10.0 Å². The first-order valence-corrected chi connectivity index (χ1v) is 8.94. The van der Waals surface area contributed by atoms with Gasteiger partial charge in [-0.1, -0.05) is 5.16 Å². The van der Waals surface area contributed by atoms with Crippen LogP contribution in [0.5, 0.6) is 0 Å². The van der Waals surface area contributed by atoms with E-state index in [4.69, 9.17) is 9.26 Å². The van der Waals surface area contributed by atoms with Crippen LogP contribution in [0.2, 0.25) is 0 Å². The van der Waals surface area contributed by atoms with Gasteiger partial charge in [-0.15, -0.1) is 0 Å². The highest BCUT2D eigenvalue weighted by Crippen LogP contribution is 2.31. The molecular formula is C14H20N4O4S. The van der Waals surface area contributed by atoms with E-state index < -0.39 is 10.0 Å². The zero-order chi connectivity index (χ0) is 16.6. The molecule has 0 aromatic carbocycles. The standard InChI is InChI=1S/C14H20N4O4S/c1-10-6-13(22-16-10)14-15-4-5-18(14)12-8-21-7-11(12)9-23(19,20)17(2)3/h4-6,11-12H,7-9H2,1-3H3/t11-,12+/m0/s1. The lowest BCUT2D eigenvalue weighted by atomic mass is 10.1. The van der Waals surface area contributed by atoms with Crippen LogP contribution in [0, 0.1) is 12.8 Å². The van der Waals surface area contributed by atoms with Crippen LogP contribution in [0.25, 0.3) is 11.6 Å². The van der Waals surface area contributed by atoms with Gasteiger partial charge in [0.15, 0.2) is 5.82 Å². The Morgan fingerprint density at radius 1 is 1.39 bits per heavy atom. The Bertz CT molecular complexity index is 780. The molecule has 23 heavy (non-hydrogen) atoms. The van der Waals surface area contributed by atoms with Crippen molar-refractivity contribution < 1.29 is 17.7 Å². The van der Waals surface area contributed by atoms with Crippen molar-refractivity contribution in [3.8, 4) is 11.6 Å². The Hall–Kier alpha value is -1.71. The highest BCUT2D eigenvalue weighted by atomic mass is 32.2. The SMILES string of the molecule is Cc1cc(-c2nccn2[C@@H]2COC[C@H]2CS(=O)(=O)N(C)C)on1. The molecule has 0 spiro atoms. The van der Waals surface area contributed by atoms with Crippen molar-refractivity contribution in [1.82, 2.24) is 19.0 Å². The third-order valence-corrected chi connectivity index (χ3v) is 5.98. The van der Waals surface area contributed by atoms with Gasteiger partial charge in [0.05, 0.1) is 30.7 Å². The fourth-order valence-electron chi connectivity index (χ4n) is 2.71. The molecule has 0 aliphatic carbocycles. The van der Waals surface area contributed by atoms with Crippen LogP contribution >= 0.6 is 0 Å². The maximum Gasteiger partial charge on any atom is 0.214 e. The minimum atomic E-state index is -3.30. The van der Waals surface area contributed by atoms with Crippen molar-refractivity contribution in [2.45, 2.75) is 13.0 Å². The van der Waals surface area contributed by atoms with Gasteiger partial charge in [-0.25, -0.2) is 17.7 Å². The van der Waals surface area contributed by atoms with Crippen molar-refractivity contribution in [3.05, 3.63) is 24.2 Å². The molecule has 126 valence electrons. The molecule has 1 fully saturated rings. The molecule has 3 heterocycles. The van der Waals surface area contributed by atoms with Crippen LogP contribution in [-0.4, -0.2) is 60.5 Å². The Balaban J connectivity index is 1.88. The topological polar surface area (TPSA) is 90.5 Å². The van der Waals surface area contributed by atoms with Gasteiger partial charge >= 0.3 is 0 Å². The minimum absolute atomic E-state index is 0.0394. The van der Waals surface area contributed by atoms with E-state index in [1.165, 1.54) is 4.31 Å². The molecule has 0 amide bonds. The fraction of sp³-hybridized carbons (Fsp3) is 0.571. The van der Waals surface area contributed by atoms with E-state index in [9.17, 15) is 8.42 Å². The summed E-state index contributed by atoms with van der Waals surface area (Å²) < 4.78 is 38.3. The molecule has 0 saturated carbocycles. The highest BCUT2D eigenvalue weighted by molar-refractivity contribution is 7.89. The van der Waals surface area contributed by atoms with Gasteiger partial charge in [-0.05, 0) is 6.92 Å². The molecule has 1 aliphatic rings. The number of nitrogens with zero attached hydrogens (tertiary/aromatic N) is 4. The lowest BCUT2D eigenvalue weighted by molar-refractivity contribution is 0.182. The Labute approximate surface area is 135 Å². The first-order chi connectivity index (χ1) is 10.9. The number of rotatable bonds is 5. The van der Waals surface area contributed by atoms with Gasteiger partial charge in [0.25, 0.3) is 0 Å². The largest absolute Gasteiger partial charge is 0.379 e. The van der Waals surface area contributed by atoms with Gasteiger partial charge in [0.2, 0.25) is 15.8 Å². The number of aryl methyl sites for hydroxylation is 1. The van der Waals surface area contributed by atoms with Crippen LogP contribution in [0.1, 0.15) is 11.7 Å². The van der Waals surface area contributed by atoms with Crippen LogP contribution in [0.15, 0.2) is 23.0 Å². The number of sulfonamides is 1. The van der Waals surface area contributed by atoms with Crippen molar-refractivity contribution in [1.29, 1.82) is 0 Å². The maximum absolute atomic E-state index is 12.2. The first-order valence-electron chi connectivity index (χ1n) is 7.33. The summed E-state index contributed by atoms with van der Waals surface area (Å²) in [6, 6.07) is 1.70. The van der Waals surface area contributed by atoms with E-state index in [1.54, 1.807) is 26.4 Å². The molecule has 3 rings (SSSR count). The first kappa shape index (κ1) is 16.2. The van der Waals surface area contributed by atoms with Crippen molar-refractivity contribution in [2.75, 3.05) is 33.1 Å². The van der Waals surface area contributed by atoms with Crippen molar-refractivity contribution in [3.63, 3.8) is 0 Å². The summed E-state index contributed by atoms with van der Waals surface area (Å²) in [7, 11) is -0.212. The number of aromatic nitrogens is 3. The van der Waals surface area contributed by atoms with Gasteiger partial charge in [0, 0.05) is 38.5 Å². The van der Waals surface area contributed by atoms with E-state index in [0.29, 0.717) is 24.8 Å². The van der Waals surface area contributed by atoms with Crippen molar-refractivity contribution in [2.24, 2.45) is 5.92 Å². The second-order valence-electron chi connectivity index (χ2n) is 5.92. The molecule has 0 N–H and O–H groups in total. The summed E-state index contributed by atoms with van der Waals surface area (Å²) in [5.41, 5.74) is 0.768. The van der Waals surface area contributed by atoms with Crippen LogP contribution in [0.3, 0.4) is 0 Å². The maximum atomic E-state index is 12.2. The van der Waals surface area contributed by atoms with Gasteiger partial charge in [0.1, 0.15) is 0 Å². The van der Waals surface area contributed by atoms with Gasteiger partial charge in [-0.2, -0.15) is 0 Å². The summed E-state index contributed by atoms with van der Waals surface area (Å²) >= 11 is 0. The van der Waals surface area contributed by atoms with Crippen LogP contribution in [-0.2, 0) is 14.8 Å². The molecule has 2 aromatic heterocycles. The third-order valence-electron chi connectivity index (χ3n) is 4.02. The Kier molecular flexibility index (Phi) is 4.26. The fourth-order valence-corrected chi connectivity index (χ4v) is 3.87. The van der Waals surface area contributed by atoms with E-state index in [1.807, 2.05) is 17.7 Å². The second kappa shape index (κ2) is 6.06.